The highest BCUT2D eigenvalue weighted by Gasteiger charge is 2.23. The maximum atomic E-state index is 11.9. The van der Waals surface area contributed by atoms with Crippen LogP contribution in [0.4, 0.5) is 5.69 Å². The van der Waals surface area contributed by atoms with Crippen LogP contribution in [0.15, 0.2) is 30.3 Å². The quantitative estimate of drug-likeness (QED) is 0.907. The highest BCUT2D eigenvalue weighted by molar-refractivity contribution is 5.85. The zero-order valence-electron chi connectivity index (χ0n) is 10.5. The molecule has 1 aliphatic heterocycles. The largest absolute Gasteiger partial charge is 0.379 e. The number of carbonyl (C=O) groups excluding carboxylic acids is 1. The van der Waals surface area contributed by atoms with Crippen LogP contribution < -0.4 is 5.32 Å². The minimum absolute atomic E-state index is 0. The molecule has 4 nitrogen and oxygen atoms in total. The van der Waals surface area contributed by atoms with Crippen LogP contribution in [0.1, 0.15) is 6.42 Å². The summed E-state index contributed by atoms with van der Waals surface area (Å²) in [5.41, 5.74) is 0.969. The van der Waals surface area contributed by atoms with Crippen molar-refractivity contribution in [2.75, 3.05) is 32.1 Å². The molecule has 0 radical (unpaired) electrons. The Balaban J connectivity index is 0.00000162. The Morgan fingerprint density at radius 2 is 2.17 bits per heavy atom. The van der Waals surface area contributed by atoms with Crippen LogP contribution >= 0.6 is 12.4 Å². The van der Waals surface area contributed by atoms with E-state index in [1.807, 2.05) is 37.4 Å². The molecule has 1 amide bonds. The third-order valence-corrected chi connectivity index (χ3v) is 3.06. The summed E-state index contributed by atoms with van der Waals surface area (Å²) in [5, 5.41) is 3.12. The minimum Gasteiger partial charge on any atom is -0.379 e. The van der Waals surface area contributed by atoms with E-state index in [2.05, 4.69) is 5.32 Å². The van der Waals surface area contributed by atoms with E-state index in [4.69, 9.17) is 4.74 Å². The normalized spacial score (nSPS) is 17.9. The molecule has 1 N–H and O–H groups in total. The smallest absolute Gasteiger partial charge is 0.241 e. The number of anilines is 1. The number of benzene rings is 1. The third kappa shape index (κ3) is 3.89. The van der Waals surface area contributed by atoms with E-state index in [0.717, 1.165) is 18.7 Å². The zero-order valence-corrected chi connectivity index (χ0v) is 11.3. The number of likely N-dealkylation sites (N-methyl/N-ethyl adjacent to an activating group) is 1. The summed E-state index contributed by atoms with van der Waals surface area (Å²) in [5.74, 6) is 0.101. The highest BCUT2D eigenvalue weighted by Crippen LogP contribution is 2.11. The Morgan fingerprint density at radius 3 is 2.78 bits per heavy atom. The average molecular weight is 271 g/mol. The van der Waals surface area contributed by atoms with Crippen LogP contribution in [0, 0.1) is 0 Å². The number of para-hydroxylation sites is 1. The lowest BCUT2D eigenvalue weighted by Crippen LogP contribution is -2.40. The van der Waals surface area contributed by atoms with Crippen LogP contribution in [-0.2, 0) is 9.53 Å². The second-order valence-electron chi connectivity index (χ2n) is 4.24. The van der Waals surface area contributed by atoms with Gasteiger partial charge in [0.05, 0.1) is 19.2 Å². The van der Waals surface area contributed by atoms with Crippen LogP contribution in [0.25, 0.3) is 0 Å². The fourth-order valence-electron chi connectivity index (χ4n) is 1.89. The molecule has 0 bridgehead atoms. The first-order chi connectivity index (χ1) is 8.27. The van der Waals surface area contributed by atoms with Gasteiger partial charge in [-0.25, -0.2) is 0 Å². The Labute approximate surface area is 114 Å². The van der Waals surface area contributed by atoms with Gasteiger partial charge in [0.1, 0.15) is 0 Å². The zero-order chi connectivity index (χ0) is 12.1. The lowest BCUT2D eigenvalue weighted by atomic mass is 10.2. The van der Waals surface area contributed by atoms with Gasteiger partial charge in [-0.1, -0.05) is 18.2 Å². The van der Waals surface area contributed by atoms with Crippen molar-refractivity contribution in [2.24, 2.45) is 0 Å². The minimum atomic E-state index is 0. The number of hydrogen-bond donors (Lipinski definition) is 1. The van der Waals surface area contributed by atoms with Crippen molar-refractivity contribution in [1.29, 1.82) is 0 Å². The summed E-state index contributed by atoms with van der Waals surface area (Å²) in [6, 6.07) is 9.98. The van der Waals surface area contributed by atoms with E-state index in [-0.39, 0.29) is 24.4 Å². The van der Waals surface area contributed by atoms with Crippen LogP contribution in [0.2, 0.25) is 0 Å². The molecule has 1 unspecified atom stereocenters. The molecule has 0 spiro atoms. The van der Waals surface area contributed by atoms with E-state index in [9.17, 15) is 4.79 Å². The molecule has 1 saturated heterocycles. The van der Waals surface area contributed by atoms with Gasteiger partial charge < -0.3 is 15.0 Å². The fraction of sp³-hybridized carbons (Fsp3) is 0.462. The number of rotatable bonds is 4. The Morgan fingerprint density at radius 1 is 1.44 bits per heavy atom. The topological polar surface area (TPSA) is 41.6 Å². The first-order valence-corrected chi connectivity index (χ1v) is 5.89. The standard InChI is InChI=1S/C13H18N2O2.ClH/c1-15(12-7-8-17-10-12)13(16)9-14-11-5-3-2-4-6-11;/h2-6,12,14H,7-10H2,1H3;1H. The third-order valence-electron chi connectivity index (χ3n) is 3.06. The predicted molar refractivity (Wildman–Crippen MR) is 74.2 cm³/mol. The number of ether oxygens (including phenoxy) is 1. The summed E-state index contributed by atoms with van der Waals surface area (Å²) in [6.45, 7) is 1.75. The maximum Gasteiger partial charge on any atom is 0.241 e. The van der Waals surface area contributed by atoms with Gasteiger partial charge in [0.25, 0.3) is 0 Å². The van der Waals surface area contributed by atoms with Crippen molar-refractivity contribution in [3.8, 4) is 0 Å². The molecule has 5 heteroatoms. The summed E-state index contributed by atoms with van der Waals surface area (Å²) in [7, 11) is 1.84. The van der Waals surface area contributed by atoms with E-state index in [1.54, 1.807) is 4.90 Å². The van der Waals surface area contributed by atoms with Crippen LogP contribution in [0.3, 0.4) is 0 Å². The number of carbonyl (C=O) groups is 1. The number of halogens is 1. The predicted octanol–water partition coefficient (Wildman–Crippen LogP) is 1.77. The Hall–Kier alpha value is -1.26. The van der Waals surface area contributed by atoms with E-state index in [1.165, 1.54) is 0 Å². The van der Waals surface area contributed by atoms with Gasteiger partial charge >= 0.3 is 0 Å². The fourth-order valence-corrected chi connectivity index (χ4v) is 1.89. The van der Waals surface area contributed by atoms with Crippen molar-refractivity contribution in [2.45, 2.75) is 12.5 Å². The highest BCUT2D eigenvalue weighted by atomic mass is 35.5. The van der Waals surface area contributed by atoms with Crippen molar-refractivity contribution in [3.63, 3.8) is 0 Å². The molecule has 1 aromatic rings. The molecule has 1 aromatic carbocycles. The molecule has 1 heterocycles. The monoisotopic (exact) mass is 270 g/mol. The van der Waals surface area contributed by atoms with Gasteiger partial charge in [-0.15, -0.1) is 12.4 Å². The van der Waals surface area contributed by atoms with Gasteiger partial charge in [0.15, 0.2) is 0 Å². The molecule has 0 aromatic heterocycles. The first kappa shape index (κ1) is 14.8. The number of hydrogen-bond acceptors (Lipinski definition) is 3. The van der Waals surface area contributed by atoms with E-state index < -0.39 is 0 Å². The molecule has 1 atom stereocenters. The number of nitrogens with zero attached hydrogens (tertiary/aromatic N) is 1. The second-order valence-corrected chi connectivity index (χ2v) is 4.24. The average Bonchev–Trinajstić information content (AvgIpc) is 2.90. The van der Waals surface area contributed by atoms with Crippen LogP contribution in [0.5, 0.6) is 0 Å². The second kappa shape index (κ2) is 7.24. The lowest BCUT2D eigenvalue weighted by Gasteiger charge is -2.23. The van der Waals surface area contributed by atoms with Crippen molar-refractivity contribution >= 4 is 24.0 Å². The SMILES string of the molecule is CN(C(=O)CNc1ccccc1)C1CCOC1.Cl. The Kier molecular flexibility index (Phi) is 5.95. The Bertz CT molecular complexity index is 367. The summed E-state index contributed by atoms with van der Waals surface area (Å²) in [6.07, 6.45) is 0.938. The van der Waals surface area contributed by atoms with E-state index in [0.29, 0.717) is 13.2 Å². The molecular formula is C13H19ClN2O2. The summed E-state index contributed by atoms with van der Waals surface area (Å²) in [4.78, 5) is 13.7. The summed E-state index contributed by atoms with van der Waals surface area (Å²) < 4.78 is 5.28. The number of amides is 1. The van der Waals surface area contributed by atoms with Gasteiger partial charge in [0, 0.05) is 19.3 Å². The molecular weight excluding hydrogens is 252 g/mol. The summed E-state index contributed by atoms with van der Waals surface area (Å²) >= 11 is 0. The van der Waals surface area contributed by atoms with Crippen LogP contribution in [-0.4, -0.2) is 43.7 Å². The van der Waals surface area contributed by atoms with Gasteiger partial charge in [-0.05, 0) is 18.6 Å². The molecule has 0 aliphatic carbocycles. The van der Waals surface area contributed by atoms with Gasteiger partial charge in [-0.3, -0.25) is 4.79 Å². The molecule has 2 rings (SSSR count). The molecule has 1 fully saturated rings. The maximum absolute atomic E-state index is 11.9. The van der Waals surface area contributed by atoms with Crippen molar-refractivity contribution in [1.82, 2.24) is 4.90 Å². The van der Waals surface area contributed by atoms with Gasteiger partial charge in [-0.2, -0.15) is 0 Å². The molecule has 0 saturated carbocycles. The molecule has 18 heavy (non-hydrogen) atoms. The first-order valence-electron chi connectivity index (χ1n) is 5.89. The molecule has 1 aliphatic rings. The lowest BCUT2D eigenvalue weighted by molar-refractivity contribution is -0.130. The van der Waals surface area contributed by atoms with E-state index >= 15 is 0 Å². The van der Waals surface area contributed by atoms with Crippen molar-refractivity contribution in [3.05, 3.63) is 30.3 Å². The van der Waals surface area contributed by atoms with Gasteiger partial charge in [0.2, 0.25) is 5.91 Å². The molecule has 100 valence electrons. The van der Waals surface area contributed by atoms with Crippen molar-refractivity contribution < 1.29 is 9.53 Å². The number of nitrogens with one attached hydrogen (secondary N) is 1.